The van der Waals surface area contributed by atoms with E-state index in [1.165, 1.54) is 14.2 Å². The summed E-state index contributed by atoms with van der Waals surface area (Å²) in [6.07, 6.45) is 0. The van der Waals surface area contributed by atoms with Crippen molar-refractivity contribution in [1.82, 2.24) is 0 Å². The number of benzene rings is 2. The third kappa shape index (κ3) is 3.73. The molecule has 0 aliphatic rings. The van der Waals surface area contributed by atoms with Crippen LogP contribution in [0.3, 0.4) is 0 Å². The van der Waals surface area contributed by atoms with Crippen molar-refractivity contribution in [2.75, 3.05) is 19.5 Å². The van der Waals surface area contributed by atoms with Gasteiger partial charge in [0.05, 0.1) is 20.8 Å². The highest BCUT2D eigenvalue weighted by atomic mass is 16.5. The van der Waals surface area contributed by atoms with E-state index in [4.69, 9.17) is 14.6 Å². The molecular weight excluding hydrogens is 270 g/mol. The van der Waals surface area contributed by atoms with E-state index in [2.05, 4.69) is 5.32 Å². The molecule has 2 aromatic rings. The van der Waals surface area contributed by atoms with Crippen molar-refractivity contribution in [3.05, 3.63) is 53.6 Å². The van der Waals surface area contributed by atoms with E-state index in [-0.39, 0.29) is 12.5 Å². The summed E-state index contributed by atoms with van der Waals surface area (Å²) in [5.41, 5.74) is 1.88. The minimum absolute atomic E-state index is 0.0265. The molecule has 2 rings (SSSR count). The Kier molecular flexibility index (Phi) is 4.79. The van der Waals surface area contributed by atoms with Crippen LogP contribution in [0.1, 0.15) is 15.9 Å². The van der Waals surface area contributed by atoms with E-state index in [0.29, 0.717) is 22.7 Å². The average molecular weight is 287 g/mol. The summed E-state index contributed by atoms with van der Waals surface area (Å²) in [6, 6.07) is 12.0. The van der Waals surface area contributed by atoms with Crippen LogP contribution in [0.4, 0.5) is 5.69 Å². The van der Waals surface area contributed by atoms with Gasteiger partial charge in [-0.1, -0.05) is 12.1 Å². The fraction of sp³-hybridized carbons (Fsp3) is 0.188. The van der Waals surface area contributed by atoms with E-state index >= 15 is 0 Å². The summed E-state index contributed by atoms with van der Waals surface area (Å²) in [5.74, 6) is 0.842. The Morgan fingerprint density at radius 2 is 1.62 bits per heavy atom. The van der Waals surface area contributed by atoms with Gasteiger partial charge in [-0.2, -0.15) is 0 Å². The topological polar surface area (TPSA) is 67.8 Å². The molecule has 5 nitrogen and oxygen atoms in total. The summed E-state index contributed by atoms with van der Waals surface area (Å²) in [4.78, 5) is 12.2. The van der Waals surface area contributed by atoms with Crippen molar-refractivity contribution in [2.24, 2.45) is 0 Å². The molecule has 0 spiro atoms. The molecule has 0 unspecified atom stereocenters. The first-order chi connectivity index (χ1) is 10.2. The number of nitrogens with one attached hydrogen (secondary N) is 1. The molecule has 21 heavy (non-hydrogen) atoms. The molecule has 0 fully saturated rings. The van der Waals surface area contributed by atoms with Crippen LogP contribution in [0.25, 0.3) is 0 Å². The van der Waals surface area contributed by atoms with Crippen molar-refractivity contribution < 1.29 is 19.4 Å². The molecule has 0 radical (unpaired) electrons. The molecule has 5 heteroatoms. The Labute approximate surface area is 123 Å². The predicted molar refractivity (Wildman–Crippen MR) is 79.9 cm³/mol. The Bertz CT molecular complexity index is 600. The number of hydrogen-bond donors (Lipinski definition) is 2. The van der Waals surface area contributed by atoms with E-state index < -0.39 is 0 Å². The molecule has 0 bridgehead atoms. The summed E-state index contributed by atoms with van der Waals surface area (Å²) in [6.45, 7) is -0.0265. The monoisotopic (exact) mass is 287 g/mol. The van der Waals surface area contributed by atoms with Crippen molar-refractivity contribution in [3.63, 3.8) is 0 Å². The van der Waals surface area contributed by atoms with Gasteiger partial charge in [0.2, 0.25) is 0 Å². The number of methoxy groups -OCH3 is 2. The summed E-state index contributed by atoms with van der Waals surface area (Å²) in [5, 5.41) is 11.8. The minimum Gasteiger partial charge on any atom is -0.497 e. The molecule has 0 aliphatic carbocycles. The molecule has 1 amide bonds. The number of aliphatic hydroxyl groups is 1. The predicted octanol–water partition coefficient (Wildman–Crippen LogP) is 2.45. The first kappa shape index (κ1) is 14.9. The van der Waals surface area contributed by atoms with E-state index in [9.17, 15) is 4.79 Å². The molecule has 0 saturated heterocycles. The lowest BCUT2D eigenvalue weighted by Crippen LogP contribution is -2.12. The second-order valence-electron chi connectivity index (χ2n) is 4.41. The molecule has 2 aromatic carbocycles. The highest BCUT2D eigenvalue weighted by molar-refractivity contribution is 6.04. The normalized spacial score (nSPS) is 10.0. The van der Waals surface area contributed by atoms with Crippen LogP contribution in [-0.2, 0) is 6.61 Å². The third-order valence-electron chi connectivity index (χ3n) is 3.01. The summed E-state index contributed by atoms with van der Waals surface area (Å²) >= 11 is 0. The van der Waals surface area contributed by atoms with Crippen molar-refractivity contribution in [1.29, 1.82) is 0 Å². The van der Waals surface area contributed by atoms with Gasteiger partial charge in [-0.05, 0) is 29.8 Å². The van der Waals surface area contributed by atoms with Gasteiger partial charge in [0, 0.05) is 17.3 Å². The molecule has 0 aliphatic heterocycles. The van der Waals surface area contributed by atoms with Gasteiger partial charge in [0.1, 0.15) is 11.5 Å². The van der Waals surface area contributed by atoms with Crippen LogP contribution in [0, 0.1) is 0 Å². The smallest absolute Gasteiger partial charge is 0.255 e. The number of ether oxygens (including phenoxy) is 2. The molecule has 0 heterocycles. The molecule has 0 saturated carbocycles. The van der Waals surface area contributed by atoms with Gasteiger partial charge >= 0.3 is 0 Å². The van der Waals surface area contributed by atoms with Crippen molar-refractivity contribution in [2.45, 2.75) is 6.61 Å². The molecular formula is C16H17NO4. The van der Waals surface area contributed by atoms with Gasteiger partial charge in [0.25, 0.3) is 5.91 Å². The zero-order valence-electron chi connectivity index (χ0n) is 11.9. The number of carbonyl (C=O) groups is 1. The van der Waals surface area contributed by atoms with Gasteiger partial charge in [0.15, 0.2) is 0 Å². The second kappa shape index (κ2) is 6.76. The third-order valence-corrected chi connectivity index (χ3v) is 3.01. The van der Waals surface area contributed by atoms with Crippen LogP contribution in [0.2, 0.25) is 0 Å². The van der Waals surface area contributed by atoms with E-state index in [1.807, 2.05) is 0 Å². The van der Waals surface area contributed by atoms with Crippen molar-refractivity contribution in [3.8, 4) is 11.5 Å². The number of anilines is 1. The SMILES string of the molecule is COc1cc(OC)cc(C(=O)Nc2ccc(CO)cc2)c1. The number of aliphatic hydroxyl groups excluding tert-OH is 1. The van der Waals surface area contributed by atoms with Gasteiger partial charge in [-0.3, -0.25) is 4.79 Å². The standard InChI is InChI=1S/C16H17NO4/c1-20-14-7-12(8-15(9-14)21-2)16(19)17-13-5-3-11(10-18)4-6-13/h3-9,18H,10H2,1-2H3,(H,17,19). The zero-order chi connectivity index (χ0) is 15.2. The van der Waals surface area contributed by atoms with Crippen LogP contribution >= 0.6 is 0 Å². The molecule has 0 aromatic heterocycles. The van der Waals surface area contributed by atoms with Gasteiger partial charge < -0.3 is 19.9 Å². The summed E-state index contributed by atoms with van der Waals surface area (Å²) < 4.78 is 10.3. The van der Waals surface area contributed by atoms with E-state index in [1.54, 1.807) is 42.5 Å². The molecule has 110 valence electrons. The molecule has 2 N–H and O–H groups in total. The highest BCUT2D eigenvalue weighted by Gasteiger charge is 2.10. The maximum atomic E-state index is 12.2. The number of amides is 1. The first-order valence-electron chi connectivity index (χ1n) is 6.40. The lowest BCUT2D eigenvalue weighted by molar-refractivity contribution is 0.102. The number of carbonyl (C=O) groups excluding carboxylic acids is 1. The fourth-order valence-electron chi connectivity index (χ4n) is 1.84. The fourth-order valence-corrected chi connectivity index (χ4v) is 1.84. The first-order valence-corrected chi connectivity index (χ1v) is 6.40. The maximum Gasteiger partial charge on any atom is 0.255 e. The maximum absolute atomic E-state index is 12.2. The second-order valence-corrected chi connectivity index (χ2v) is 4.41. The number of rotatable bonds is 5. The highest BCUT2D eigenvalue weighted by Crippen LogP contribution is 2.23. The van der Waals surface area contributed by atoms with E-state index in [0.717, 1.165) is 5.56 Å². The summed E-state index contributed by atoms with van der Waals surface area (Å²) in [7, 11) is 3.06. The Morgan fingerprint density at radius 1 is 1.05 bits per heavy atom. The lowest BCUT2D eigenvalue weighted by Gasteiger charge is -2.09. The molecule has 0 atom stereocenters. The van der Waals surface area contributed by atoms with Crippen molar-refractivity contribution >= 4 is 11.6 Å². The van der Waals surface area contributed by atoms with Crippen LogP contribution in [-0.4, -0.2) is 25.2 Å². The van der Waals surface area contributed by atoms with Crippen LogP contribution in [0.5, 0.6) is 11.5 Å². The quantitative estimate of drug-likeness (QED) is 0.886. The minimum atomic E-state index is -0.260. The van der Waals surface area contributed by atoms with Gasteiger partial charge in [-0.15, -0.1) is 0 Å². The van der Waals surface area contributed by atoms with Gasteiger partial charge in [-0.25, -0.2) is 0 Å². The zero-order valence-corrected chi connectivity index (χ0v) is 11.9. The Balaban J connectivity index is 2.18. The lowest BCUT2D eigenvalue weighted by atomic mass is 10.1. The van der Waals surface area contributed by atoms with Crippen LogP contribution < -0.4 is 14.8 Å². The Hall–Kier alpha value is -2.53. The Morgan fingerprint density at radius 3 is 2.10 bits per heavy atom. The average Bonchev–Trinajstić information content (AvgIpc) is 2.54. The largest absolute Gasteiger partial charge is 0.497 e. The van der Waals surface area contributed by atoms with Crippen LogP contribution in [0.15, 0.2) is 42.5 Å². The number of hydrogen-bond acceptors (Lipinski definition) is 4.